The van der Waals surface area contributed by atoms with E-state index in [-0.39, 0.29) is 34.2 Å². The second-order valence-corrected chi connectivity index (χ2v) is 14.6. The quantitative estimate of drug-likeness (QED) is 0.365. The minimum atomic E-state index is -3.93. The van der Waals surface area contributed by atoms with Gasteiger partial charge in [0.1, 0.15) is 0 Å². The zero-order valence-electron chi connectivity index (χ0n) is 19.1. The summed E-state index contributed by atoms with van der Waals surface area (Å²) in [6, 6.07) is 0. The molecular formula is C20H34N4O6S2. The summed E-state index contributed by atoms with van der Waals surface area (Å²) in [4.78, 5) is 7.24. The molecule has 0 amide bonds. The van der Waals surface area contributed by atoms with Gasteiger partial charge in [-0.3, -0.25) is 4.94 Å². The SMILES string of the molecule is CC1(C)C2CCC1(CS(=O)(=O)NON=C1CC3CCC1(CS(N)(=O)=O)C3(C)C)C(=NO)C2. The standard InChI is InChI=1S/C20H34N4O6S2/c1-17(2)14-5-7-19(17,11-31(21,26)27)16(10-14)23-30-24-32(28,29)12-20-8-6-13(18(20,3)4)9-15(20)22-25/h13-14,24-25H,5-12H2,1-4H3,(H2,21,26,27). The van der Waals surface area contributed by atoms with Gasteiger partial charge in [-0.05, 0) is 66.1 Å². The molecule has 0 spiro atoms. The van der Waals surface area contributed by atoms with Crippen LogP contribution in [0, 0.1) is 33.5 Å². The van der Waals surface area contributed by atoms with E-state index in [0.717, 1.165) is 12.8 Å². The second kappa shape index (κ2) is 7.13. The summed E-state index contributed by atoms with van der Waals surface area (Å²) >= 11 is 0. The maximum Gasteiger partial charge on any atom is 0.245 e. The van der Waals surface area contributed by atoms with Crippen LogP contribution in [-0.2, 0) is 25.0 Å². The van der Waals surface area contributed by atoms with Crippen LogP contribution < -0.4 is 10.0 Å². The third-order valence-electron chi connectivity index (χ3n) is 9.66. The van der Waals surface area contributed by atoms with Crippen LogP contribution in [0.5, 0.6) is 0 Å². The normalized spacial score (nSPS) is 39.9. The van der Waals surface area contributed by atoms with Crippen LogP contribution in [0.25, 0.3) is 0 Å². The first-order valence-corrected chi connectivity index (χ1v) is 14.4. The molecule has 10 nitrogen and oxygen atoms in total. The fourth-order valence-corrected chi connectivity index (χ4v) is 10.3. The predicted octanol–water partition coefficient (Wildman–Crippen LogP) is 1.96. The number of nitrogens with zero attached hydrogens (tertiary/aromatic N) is 2. The fourth-order valence-electron chi connectivity index (χ4n) is 7.37. The monoisotopic (exact) mass is 490 g/mol. The molecule has 182 valence electrons. The van der Waals surface area contributed by atoms with E-state index in [9.17, 15) is 22.0 Å². The molecule has 0 aromatic rings. The van der Waals surface area contributed by atoms with Crippen LogP contribution in [0.1, 0.15) is 66.2 Å². The Bertz CT molecular complexity index is 1080. The third-order valence-corrected chi connectivity index (χ3v) is 11.8. The third kappa shape index (κ3) is 3.32. The molecule has 0 radical (unpaired) electrons. The molecule has 0 aromatic heterocycles. The second-order valence-electron chi connectivity index (χ2n) is 11.3. The average molecular weight is 491 g/mol. The Hall–Kier alpha value is -1.24. The Kier molecular flexibility index (Phi) is 5.33. The van der Waals surface area contributed by atoms with Crippen molar-refractivity contribution >= 4 is 31.5 Å². The van der Waals surface area contributed by atoms with E-state index in [4.69, 9.17) is 10.1 Å². The number of sulfonamides is 2. The zero-order valence-corrected chi connectivity index (χ0v) is 20.7. The van der Waals surface area contributed by atoms with Gasteiger partial charge >= 0.3 is 0 Å². The van der Waals surface area contributed by atoms with Gasteiger partial charge in [0.05, 0.1) is 22.9 Å². The molecule has 4 unspecified atom stereocenters. The molecule has 32 heavy (non-hydrogen) atoms. The molecule has 4 atom stereocenters. The highest BCUT2D eigenvalue weighted by molar-refractivity contribution is 7.89. The van der Waals surface area contributed by atoms with E-state index in [1.165, 1.54) is 0 Å². The average Bonchev–Trinajstić information content (AvgIpc) is 3.19. The molecule has 4 N–H and O–H groups in total. The first-order chi connectivity index (χ1) is 14.6. The van der Waals surface area contributed by atoms with Crippen LogP contribution in [0.4, 0.5) is 0 Å². The maximum atomic E-state index is 12.9. The number of nitrogens with one attached hydrogen (secondary N) is 1. The molecule has 12 heteroatoms. The summed E-state index contributed by atoms with van der Waals surface area (Å²) in [6.07, 6.45) is 4.14. The smallest absolute Gasteiger partial charge is 0.245 e. The lowest BCUT2D eigenvalue weighted by Gasteiger charge is -2.37. The van der Waals surface area contributed by atoms with Crippen molar-refractivity contribution in [3.8, 4) is 0 Å². The highest BCUT2D eigenvalue weighted by atomic mass is 32.2. The van der Waals surface area contributed by atoms with Crippen molar-refractivity contribution in [2.45, 2.75) is 66.2 Å². The highest BCUT2D eigenvalue weighted by Crippen LogP contribution is 2.65. The molecular weight excluding hydrogens is 456 g/mol. The first-order valence-electron chi connectivity index (χ1n) is 11.0. The van der Waals surface area contributed by atoms with Crippen molar-refractivity contribution in [2.75, 3.05) is 11.5 Å². The van der Waals surface area contributed by atoms with Gasteiger partial charge < -0.3 is 5.21 Å². The largest absolute Gasteiger partial charge is 0.411 e. The van der Waals surface area contributed by atoms with E-state index in [0.29, 0.717) is 37.1 Å². The van der Waals surface area contributed by atoms with E-state index < -0.39 is 30.9 Å². The summed E-state index contributed by atoms with van der Waals surface area (Å²) in [7, 11) is -7.69. The fraction of sp³-hybridized carbons (Fsp3) is 0.900. The summed E-state index contributed by atoms with van der Waals surface area (Å²) in [5.41, 5.74) is -1.11. The van der Waals surface area contributed by atoms with E-state index in [1.54, 1.807) is 0 Å². The topological polar surface area (TPSA) is 161 Å². The number of primary sulfonamides is 1. The molecule has 4 fully saturated rings. The van der Waals surface area contributed by atoms with Gasteiger partial charge in [-0.15, -0.1) is 0 Å². The summed E-state index contributed by atoms with van der Waals surface area (Å²) in [5.74, 6) is 0.0108. The van der Waals surface area contributed by atoms with Gasteiger partial charge in [0.25, 0.3) is 0 Å². The zero-order chi connectivity index (χ0) is 23.8. The molecule has 0 aromatic carbocycles. The van der Waals surface area contributed by atoms with Crippen molar-refractivity contribution in [1.29, 1.82) is 0 Å². The minimum Gasteiger partial charge on any atom is -0.411 e. The van der Waals surface area contributed by atoms with Crippen molar-refractivity contribution in [2.24, 2.45) is 48.9 Å². The molecule has 4 rings (SSSR count). The number of hydrogen-bond donors (Lipinski definition) is 3. The van der Waals surface area contributed by atoms with Crippen molar-refractivity contribution in [3.05, 3.63) is 0 Å². The van der Waals surface area contributed by atoms with Crippen LogP contribution in [0.3, 0.4) is 0 Å². The number of oxime groups is 2. The molecule has 4 aliphatic carbocycles. The Labute approximate surface area is 190 Å². The number of nitrogens with two attached hydrogens (primary N) is 1. The lowest BCUT2D eigenvalue weighted by atomic mass is 9.70. The highest BCUT2D eigenvalue weighted by Gasteiger charge is 2.65. The van der Waals surface area contributed by atoms with Gasteiger partial charge in [-0.2, -0.15) is 0 Å². The van der Waals surface area contributed by atoms with Crippen LogP contribution in [-0.4, -0.2) is 45.0 Å². The summed E-state index contributed by atoms with van der Waals surface area (Å²) in [6.45, 7) is 8.06. The van der Waals surface area contributed by atoms with Crippen molar-refractivity contribution in [1.82, 2.24) is 4.89 Å². The number of rotatable bonds is 7. The molecule has 0 aliphatic heterocycles. The number of fused-ring (bicyclic) bond motifs is 4. The van der Waals surface area contributed by atoms with Crippen molar-refractivity contribution in [3.63, 3.8) is 0 Å². The van der Waals surface area contributed by atoms with E-state index in [1.807, 2.05) is 27.7 Å². The van der Waals surface area contributed by atoms with Gasteiger partial charge in [0.2, 0.25) is 20.0 Å². The van der Waals surface area contributed by atoms with Crippen LogP contribution in [0.2, 0.25) is 0 Å². The Morgan fingerprint density at radius 1 is 0.969 bits per heavy atom. The van der Waals surface area contributed by atoms with Crippen molar-refractivity contribution < 1.29 is 27.0 Å². The van der Waals surface area contributed by atoms with Crippen LogP contribution in [0.15, 0.2) is 10.3 Å². The lowest BCUT2D eigenvalue weighted by Crippen LogP contribution is -2.46. The van der Waals surface area contributed by atoms with Crippen LogP contribution >= 0.6 is 0 Å². The summed E-state index contributed by atoms with van der Waals surface area (Å²) in [5, 5.41) is 22.4. The molecule has 4 aliphatic rings. The van der Waals surface area contributed by atoms with Gasteiger partial charge in [0.15, 0.2) is 0 Å². The van der Waals surface area contributed by atoms with Gasteiger partial charge in [-0.1, -0.05) is 38.0 Å². The summed E-state index contributed by atoms with van der Waals surface area (Å²) < 4.78 is 49.8. The first kappa shape index (κ1) is 23.9. The number of hydrogen-bond acceptors (Lipinski definition) is 8. The molecule has 0 heterocycles. The Morgan fingerprint density at radius 2 is 1.47 bits per heavy atom. The van der Waals surface area contributed by atoms with Gasteiger partial charge in [-0.25, -0.2) is 22.0 Å². The minimum absolute atomic E-state index is 0.236. The molecule has 4 saturated carbocycles. The molecule has 0 saturated heterocycles. The van der Waals surface area contributed by atoms with E-state index >= 15 is 0 Å². The molecule has 4 bridgehead atoms. The van der Waals surface area contributed by atoms with E-state index in [2.05, 4.69) is 15.2 Å². The Morgan fingerprint density at radius 3 is 1.94 bits per heavy atom. The van der Waals surface area contributed by atoms with Gasteiger partial charge in [0, 0.05) is 10.8 Å². The maximum absolute atomic E-state index is 12.9. The Balaban J connectivity index is 1.53. The lowest BCUT2D eigenvalue weighted by molar-refractivity contribution is 0.0943. The predicted molar refractivity (Wildman–Crippen MR) is 120 cm³/mol.